The molecule has 2 nitrogen and oxygen atoms in total. The molecule has 24 heavy (non-hydrogen) atoms. The smallest absolute Gasteiger partial charge is 0.155 e. The number of hydrogen-bond donors (Lipinski definition) is 1. The van der Waals surface area contributed by atoms with Gasteiger partial charge in [-0.1, -0.05) is 89.2 Å². The van der Waals surface area contributed by atoms with Crippen LogP contribution in [-0.4, -0.2) is 10.9 Å². The molecule has 0 radical (unpaired) electrons. The number of carbonyl (C=O) groups is 1. The van der Waals surface area contributed by atoms with Gasteiger partial charge in [-0.2, -0.15) is 0 Å². The van der Waals surface area contributed by atoms with Crippen molar-refractivity contribution in [2.45, 2.75) is 47.5 Å². The van der Waals surface area contributed by atoms with Gasteiger partial charge >= 0.3 is 0 Å². The largest absolute Gasteiger partial charge is 0.508 e. The molecule has 0 aromatic heterocycles. The van der Waals surface area contributed by atoms with Crippen molar-refractivity contribution in [1.82, 2.24) is 0 Å². The first-order valence-electron chi connectivity index (χ1n) is 8.72. The van der Waals surface area contributed by atoms with Gasteiger partial charge in [-0.15, -0.1) is 0 Å². The molecule has 1 N–H and O–H groups in total. The second kappa shape index (κ2) is 18.7. The van der Waals surface area contributed by atoms with E-state index in [1.54, 1.807) is 30.3 Å². The number of carbonyl (C=O) groups excluding carboxylic acids is 1. The SMILES string of the molecule is CC.CC.CCCC(=O)/C=C/c1ccccc1.Oc1ccccc1. The van der Waals surface area contributed by atoms with Gasteiger partial charge in [0.05, 0.1) is 0 Å². The van der Waals surface area contributed by atoms with Crippen molar-refractivity contribution in [2.24, 2.45) is 0 Å². The Morgan fingerprint density at radius 1 is 0.875 bits per heavy atom. The summed E-state index contributed by atoms with van der Waals surface area (Å²) in [5.74, 6) is 0.522. The van der Waals surface area contributed by atoms with Crippen LogP contribution in [0.15, 0.2) is 66.7 Å². The van der Waals surface area contributed by atoms with Crippen molar-refractivity contribution in [3.05, 3.63) is 72.3 Å². The Kier molecular flexibility index (Phi) is 18.6. The van der Waals surface area contributed by atoms with Gasteiger partial charge in [0, 0.05) is 6.42 Å². The monoisotopic (exact) mass is 328 g/mol. The molecule has 0 aliphatic heterocycles. The summed E-state index contributed by atoms with van der Waals surface area (Å²) in [6, 6.07) is 18.6. The third-order valence-electron chi connectivity index (χ3n) is 2.51. The van der Waals surface area contributed by atoms with Crippen molar-refractivity contribution in [3.8, 4) is 5.75 Å². The van der Waals surface area contributed by atoms with Crippen LogP contribution in [0.4, 0.5) is 0 Å². The van der Waals surface area contributed by atoms with E-state index < -0.39 is 0 Å². The molecule has 0 aliphatic rings. The van der Waals surface area contributed by atoms with Gasteiger partial charge in [-0.3, -0.25) is 4.79 Å². The number of ketones is 1. The van der Waals surface area contributed by atoms with Crippen molar-refractivity contribution in [3.63, 3.8) is 0 Å². The molecule has 0 bridgehead atoms. The minimum Gasteiger partial charge on any atom is -0.508 e. The standard InChI is InChI=1S/C12H14O.C6H6O.2C2H6/c1-2-6-12(13)10-9-11-7-4-3-5-8-11;7-6-4-2-1-3-5-6;2*1-2/h3-5,7-10H,2,6H2,1H3;1-5,7H;2*1-2H3/b10-9+;;;. The van der Waals surface area contributed by atoms with Crippen LogP contribution in [0.1, 0.15) is 53.0 Å². The Hall–Kier alpha value is -2.35. The molecule has 0 saturated carbocycles. The summed E-state index contributed by atoms with van der Waals surface area (Å²) in [4.78, 5) is 11.1. The Bertz CT molecular complexity index is 516. The lowest BCUT2D eigenvalue weighted by Crippen LogP contribution is -1.89. The maximum Gasteiger partial charge on any atom is 0.155 e. The lowest BCUT2D eigenvalue weighted by Gasteiger charge is -1.91. The average molecular weight is 328 g/mol. The molecule has 0 fully saturated rings. The molecule has 0 heterocycles. The van der Waals surface area contributed by atoms with Crippen LogP contribution in [-0.2, 0) is 4.79 Å². The van der Waals surface area contributed by atoms with Gasteiger partial charge < -0.3 is 5.11 Å². The van der Waals surface area contributed by atoms with Crippen LogP contribution in [0.2, 0.25) is 0 Å². The van der Waals surface area contributed by atoms with E-state index in [0.717, 1.165) is 12.0 Å². The van der Waals surface area contributed by atoms with E-state index in [0.29, 0.717) is 12.2 Å². The maximum atomic E-state index is 11.1. The van der Waals surface area contributed by atoms with E-state index in [2.05, 4.69) is 0 Å². The summed E-state index contributed by atoms with van der Waals surface area (Å²) < 4.78 is 0. The minimum atomic E-state index is 0.200. The van der Waals surface area contributed by atoms with Crippen molar-refractivity contribution in [1.29, 1.82) is 0 Å². The molecule has 2 aromatic carbocycles. The van der Waals surface area contributed by atoms with E-state index in [4.69, 9.17) is 5.11 Å². The van der Waals surface area contributed by atoms with Gasteiger partial charge in [-0.05, 0) is 30.2 Å². The Balaban J connectivity index is 0. The normalized spacial score (nSPS) is 8.71. The van der Waals surface area contributed by atoms with Crippen molar-refractivity contribution >= 4 is 11.9 Å². The van der Waals surface area contributed by atoms with Gasteiger partial charge in [0.15, 0.2) is 5.78 Å². The minimum absolute atomic E-state index is 0.200. The molecular formula is C22H32O2. The van der Waals surface area contributed by atoms with E-state index in [1.165, 1.54) is 0 Å². The zero-order valence-electron chi connectivity index (χ0n) is 15.7. The highest BCUT2D eigenvalue weighted by molar-refractivity contribution is 5.93. The topological polar surface area (TPSA) is 37.3 Å². The van der Waals surface area contributed by atoms with Crippen LogP contribution >= 0.6 is 0 Å². The summed E-state index contributed by atoms with van der Waals surface area (Å²) in [5, 5.41) is 8.63. The molecule has 2 heteroatoms. The summed E-state index contributed by atoms with van der Waals surface area (Å²) in [7, 11) is 0. The van der Waals surface area contributed by atoms with E-state index in [9.17, 15) is 4.79 Å². The van der Waals surface area contributed by atoms with E-state index in [-0.39, 0.29) is 5.78 Å². The van der Waals surface area contributed by atoms with Gasteiger partial charge in [0.25, 0.3) is 0 Å². The summed E-state index contributed by atoms with van der Waals surface area (Å²) >= 11 is 0. The zero-order chi connectivity index (χ0) is 18.6. The van der Waals surface area contributed by atoms with Gasteiger partial charge in [0.2, 0.25) is 0 Å². The third-order valence-corrected chi connectivity index (χ3v) is 2.51. The maximum absolute atomic E-state index is 11.1. The van der Waals surface area contributed by atoms with Crippen LogP contribution in [0, 0.1) is 0 Å². The third kappa shape index (κ3) is 14.6. The van der Waals surface area contributed by atoms with Crippen LogP contribution in [0.3, 0.4) is 0 Å². The van der Waals surface area contributed by atoms with Crippen molar-refractivity contribution in [2.75, 3.05) is 0 Å². The number of allylic oxidation sites excluding steroid dienone is 1. The predicted molar refractivity (Wildman–Crippen MR) is 106 cm³/mol. The molecule has 0 saturated heterocycles. The number of phenolic OH excluding ortho intramolecular Hbond substituents is 1. The van der Waals surface area contributed by atoms with Crippen molar-refractivity contribution < 1.29 is 9.90 Å². The molecule has 0 atom stereocenters. The average Bonchev–Trinajstić information content (AvgIpc) is 2.66. The zero-order valence-corrected chi connectivity index (χ0v) is 15.7. The van der Waals surface area contributed by atoms with Gasteiger partial charge in [-0.25, -0.2) is 0 Å². The number of phenols is 1. The number of rotatable bonds is 4. The Morgan fingerprint density at radius 2 is 1.33 bits per heavy atom. The molecule has 2 rings (SSSR count). The highest BCUT2D eigenvalue weighted by atomic mass is 16.3. The van der Waals surface area contributed by atoms with Gasteiger partial charge in [0.1, 0.15) is 5.75 Å². The number of hydrogen-bond acceptors (Lipinski definition) is 2. The summed E-state index contributed by atoms with van der Waals surface area (Å²) in [6.45, 7) is 10.0. The predicted octanol–water partition coefficient (Wildman–Crippen LogP) is 6.51. The van der Waals surface area contributed by atoms with Crippen LogP contribution < -0.4 is 0 Å². The number of benzene rings is 2. The first-order chi connectivity index (χ1) is 11.7. The highest BCUT2D eigenvalue weighted by Crippen LogP contribution is 2.03. The fraction of sp³-hybridized carbons (Fsp3) is 0.318. The second-order valence-electron chi connectivity index (χ2n) is 4.30. The van der Waals surface area contributed by atoms with E-state index in [1.807, 2.05) is 77.1 Å². The van der Waals surface area contributed by atoms with Crippen LogP contribution in [0.25, 0.3) is 6.08 Å². The highest BCUT2D eigenvalue weighted by Gasteiger charge is 1.92. The molecule has 2 aromatic rings. The lowest BCUT2D eigenvalue weighted by atomic mass is 10.1. The number of para-hydroxylation sites is 1. The Morgan fingerprint density at radius 3 is 1.71 bits per heavy atom. The summed E-state index contributed by atoms with van der Waals surface area (Å²) in [6.07, 6.45) is 5.07. The first kappa shape index (κ1) is 23.9. The lowest BCUT2D eigenvalue weighted by molar-refractivity contribution is -0.114. The summed E-state index contributed by atoms with van der Waals surface area (Å²) in [5.41, 5.74) is 1.08. The molecule has 0 aliphatic carbocycles. The fourth-order valence-electron chi connectivity index (χ4n) is 1.51. The molecule has 132 valence electrons. The van der Waals surface area contributed by atoms with E-state index >= 15 is 0 Å². The number of aromatic hydroxyl groups is 1. The quantitative estimate of drug-likeness (QED) is 0.649. The van der Waals surface area contributed by atoms with Crippen LogP contribution in [0.5, 0.6) is 5.75 Å². The Labute approximate surface area is 147 Å². The molecule has 0 unspecified atom stereocenters. The molecular weight excluding hydrogens is 296 g/mol. The fourth-order valence-corrected chi connectivity index (χ4v) is 1.51. The molecule has 0 amide bonds. The first-order valence-corrected chi connectivity index (χ1v) is 8.72. The molecule has 0 spiro atoms. The second-order valence-corrected chi connectivity index (χ2v) is 4.30.